The third kappa shape index (κ3) is 7.08. The number of nitrogens with zero attached hydrogens (tertiary/aromatic N) is 2. The second-order valence-corrected chi connectivity index (χ2v) is 7.68. The zero-order valence-electron chi connectivity index (χ0n) is 19.4. The Morgan fingerprint density at radius 1 is 1.09 bits per heavy atom. The maximum Gasteiger partial charge on any atom is 0.457 e. The van der Waals surface area contributed by atoms with Crippen LogP contribution in [0.4, 0.5) is 10.5 Å². The summed E-state index contributed by atoms with van der Waals surface area (Å²) < 4.78 is 0. The van der Waals surface area contributed by atoms with Crippen molar-refractivity contribution >= 4 is 42.6 Å². The Morgan fingerprint density at radius 2 is 1.69 bits per heavy atom. The number of amides is 1. The van der Waals surface area contributed by atoms with E-state index < -0.39 is 12.1 Å². The Kier molecular flexibility index (Phi) is 12.3. The van der Waals surface area contributed by atoms with Crippen molar-refractivity contribution in [2.24, 2.45) is 11.7 Å². The highest BCUT2D eigenvalue weighted by atomic mass is 35.5. The lowest BCUT2D eigenvalue weighted by atomic mass is 9.92. The molecule has 0 unspecified atom stereocenters. The third-order valence-corrected chi connectivity index (χ3v) is 4.72. The molecule has 0 aliphatic heterocycles. The van der Waals surface area contributed by atoms with E-state index in [-0.39, 0.29) is 31.4 Å². The molecule has 7 nitrogen and oxygen atoms in total. The summed E-state index contributed by atoms with van der Waals surface area (Å²) in [7, 11) is 0. The second-order valence-electron chi connectivity index (χ2n) is 7.68. The topological polar surface area (TPSA) is 94.8 Å². The van der Waals surface area contributed by atoms with Crippen molar-refractivity contribution in [3.8, 4) is 11.1 Å². The fraction of sp³-hybridized carbons (Fsp3) is 0.435. The van der Waals surface area contributed by atoms with Gasteiger partial charge in [-0.15, -0.1) is 24.8 Å². The van der Waals surface area contributed by atoms with Gasteiger partial charge in [0.15, 0.2) is 0 Å². The van der Waals surface area contributed by atoms with Crippen LogP contribution >= 0.6 is 24.8 Å². The normalized spacial score (nSPS) is 10.1. The molecule has 0 radical (unpaired) electrons. The number of nitrogens with two attached hydrogens (primary N) is 1. The first-order valence-corrected chi connectivity index (χ1v) is 10.2. The zero-order valence-corrected chi connectivity index (χ0v) is 21.1. The van der Waals surface area contributed by atoms with Gasteiger partial charge in [0.05, 0.1) is 11.4 Å². The van der Waals surface area contributed by atoms with E-state index in [0.717, 1.165) is 34.4 Å². The molecule has 178 valence electrons. The van der Waals surface area contributed by atoms with E-state index >= 15 is 0 Å². The molecule has 2 N–H and O–H groups in total. The second kappa shape index (κ2) is 13.3. The summed E-state index contributed by atoms with van der Waals surface area (Å²) in [5, 5.41) is 0. The smallest absolute Gasteiger partial charge is 0.326 e. The van der Waals surface area contributed by atoms with Crippen LogP contribution in [-0.2, 0) is 27.5 Å². The summed E-state index contributed by atoms with van der Waals surface area (Å²) >= 11 is 0. The standard InChI is InChI=1S/C23H31N3O4.2ClH/c1-7-26(23(28)30-29-17(6)27)22-16(5)25-20(12-14(2)3)19(13-24)21(22)18-10-8-15(4)9-11-18;;/h8-11,14H,7,12-13,24H2,1-6H3;2*1H. The van der Waals surface area contributed by atoms with Gasteiger partial charge in [-0.2, -0.15) is 0 Å². The van der Waals surface area contributed by atoms with Crippen LogP contribution in [0.15, 0.2) is 24.3 Å². The van der Waals surface area contributed by atoms with Gasteiger partial charge in [0, 0.05) is 31.3 Å². The van der Waals surface area contributed by atoms with Crippen LogP contribution in [0.25, 0.3) is 11.1 Å². The number of rotatable bonds is 6. The molecule has 1 aromatic heterocycles. The highest BCUT2D eigenvalue weighted by Gasteiger charge is 2.27. The fourth-order valence-corrected chi connectivity index (χ4v) is 3.45. The number of carbonyl (C=O) groups is 2. The van der Waals surface area contributed by atoms with Crippen LogP contribution in [0.5, 0.6) is 0 Å². The van der Waals surface area contributed by atoms with Gasteiger partial charge < -0.3 is 5.73 Å². The van der Waals surface area contributed by atoms with Crippen molar-refractivity contribution in [3.05, 3.63) is 46.8 Å². The van der Waals surface area contributed by atoms with Gasteiger partial charge in [0.25, 0.3) is 0 Å². The Balaban J connectivity index is 0.00000480. The predicted octanol–water partition coefficient (Wildman–Crippen LogP) is 5.31. The molecule has 0 fully saturated rings. The lowest BCUT2D eigenvalue weighted by molar-refractivity contribution is -0.228. The van der Waals surface area contributed by atoms with Crippen LogP contribution in [0.1, 0.15) is 50.2 Å². The van der Waals surface area contributed by atoms with Gasteiger partial charge in [0.2, 0.25) is 0 Å². The molecule has 0 aliphatic rings. The summed E-state index contributed by atoms with van der Waals surface area (Å²) in [5.74, 6) is -0.307. The molecule has 1 aromatic carbocycles. The molecule has 2 aromatic rings. The van der Waals surface area contributed by atoms with Gasteiger partial charge in [0.1, 0.15) is 0 Å². The molecule has 0 aliphatic carbocycles. The summed E-state index contributed by atoms with van der Waals surface area (Å²) in [5.41, 5.74) is 12.2. The van der Waals surface area contributed by atoms with Crippen molar-refractivity contribution < 1.29 is 19.4 Å². The molecule has 0 saturated carbocycles. The average Bonchev–Trinajstić information content (AvgIpc) is 2.68. The minimum Gasteiger partial charge on any atom is -0.326 e. The van der Waals surface area contributed by atoms with Gasteiger partial charge in [-0.05, 0) is 44.2 Å². The lowest BCUT2D eigenvalue weighted by Gasteiger charge is -2.27. The number of halogens is 2. The number of benzene rings is 1. The van der Waals surface area contributed by atoms with Crippen LogP contribution in [0.2, 0.25) is 0 Å². The van der Waals surface area contributed by atoms with Gasteiger partial charge in [-0.3, -0.25) is 9.88 Å². The number of hydrogen-bond acceptors (Lipinski definition) is 6. The summed E-state index contributed by atoms with van der Waals surface area (Å²) in [6.07, 6.45) is -0.0122. The molecule has 32 heavy (non-hydrogen) atoms. The Labute approximate surface area is 202 Å². The van der Waals surface area contributed by atoms with Crippen LogP contribution in [-0.4, -0.2) is 23.6 Å². The molecule has 2 rings (SSSR count). The number of aromatic nitrogens is 1. The largest absolute Gasteiger partial charge is 0.457 e. The van der Waals surface area contributed by atoms with Crippen molar-refractivity contribution in [2.75, 3.05) is 11.4 Å². The molecular formula is C23H33Cl2N3O4. The Bertz CT molecular complexity index is 918. The number of carbonyl (C=O) groups excluding carboxylic acids is 2. The highest BCUT2D eigenvalue weighted by molar-refractivity contribution is 5.96. The van der Waals surface area contributed by atoms with E-state index in [1.165, 1.54) is 11.8 Å². The number of aryl methyl sites for hydroxylation is 2. The van der Waals surface area contributed by atoms with Crippen molar-refractivity contribution in [1.82, 2.24) is 4.98 Å². The van der Waals surface area contributed by atoms with E-state index in [1.54, 1.807) is 0 Å². The van der Waals surface area contributed by atoms with Crippen molar-refractivity contribution in [3.63, 3.8) is 0 Å². The van der Waals surface area contributed by atoms with E-state index in [9.17, 15) is 9.59 Å². The molecule has 0 spiro atoms. The number of hydrogen-bond donors (Lipinski definition) is 1. The Hall–Kier alpha value is -2.35. The van der Waals surface area contributed by atoms with Crippen LogP contribution in [0, 0.1) is 19.8 Å². The molecule has 1 heterocycles. The molecule has 0 bridgehead atoms. The first-order valence-electron chi connectivity index (χ1n) is 10.2. The first-order chi connectivity index (χ1) is 14.2. The fourth-order valence-electron chi connectivity index (χ4n) is 3.45. The SMILES string of the molecule is CCN(C(=O)OOC(C)=O)c1c(C)nc(CC(C)C)c(CN)c1-c1ccc(C)cc1.Cl.Cl. The van der Waals surface area contributed by atoms with Crippen LogP contribution < -0.4 is 10.6 Å². The summed E-state index contributed by atoms with van der Waals surface area (Å²) in [6.45, 7) is 11.7. The van der Waals surface area contributed by atoms with Gasteiger partial charge in [-0.25, -0.2) is 19.4 Å². The molecule has 9 heteroatoms. The van der Waals surface area contributed by atoms with Gasteiger partial charge in [-0.1, -0.05) is 43.7 Å². The zero-order chi connectivity index (χ0) is 22.4. The average molecular weight is 486 g/mol. The molecule has 1 amide bonds. The molecule has 0 saturated heterocycles. The quantitative estimate of drug-likeness (QED) is 0.440. The monoisotopic (exact) mass is 485 g/mol. The number of pyridine rings is 1. The summed E-state index contributed by atoms with van der Waals surface area (Å²) in [4.78, 5) is 39.2. The maximum atomic E-state index is 12.7. The predicted molar refractivity (Wildman–Crippen MR) is 131 cm³/mol. The highest BCUT2D eigenvalue weighted by Crippen LogP contribution is 2.38. The molecular weight excluding hydrogens is 453 g/mol. The minimum absolute atomic E-state index is 0. The maximum absolute atomic E-state index is 12.7. The van der Waals surface area contributed by atoms with E-state index in [1.807, 2.05) is 45.0 Å². The minimum atomic E-state index is -0.787. The molecule has 0 atom stereocenters. The third-order valence-electron chi connectivity index (χ3n) is 4.72. The van der Waals surface area contributed by atoms with E-state index in [0.29, 0.717) is 23.8 Å². The first kappa shape index (κ1) is 29.7. The van der Waals surface area contributed by atoms with Crippen molar-refractivity contribution in [1.29, 1.82) is 0 Å². The Morgan fingerprint density at radius 3 is 2.16 bits per heavy atom. The number of anilines is 1. The van der Waals surface area contributed by atoms with Gasteiger partial charge >= 0.3 is 12.1 Å². The van der Waals surface area contributed by atoms with E-state index in [2.05, 4.69) is 18.7 Å². The lowest BCUT2D eigenvalue weighted by Crippen LogP contribution is -2.33. The van der Waals surface area contributed by atoms with Crippen molar-refractivity contribution in [2.45, 2.75) is 54.5 Å². The van der Waals surface area contributed by atoms with E-state index in [4.69, 9.17) is 15.6 Å². The van der Waals surface area contributed by atoms with Crippen LogP contribution in [0.3, 0.4) is 0 Å². The summed E-state index contributed by atoms with van der Waals surface area (Å²) in [6, 6.07) is 8.06.